The van der Waals surface area contributed by atoms with Crippen LogP contribution in [0.1, 0.15) is 52.9 Å². The minimum atomic E-state index is 0.230. The van der Waals surface area contributed by atoms with Crippen LogP contribution in [0.25, 0.3) is 0 Å². The monoisotopic (exact) mass is 238 g/mol. The van der Waals surface area contributed by atoms with Crippen LogP contribution in [0.4, 0.5) is 0 Å². The summed E-state index contributed by atoms with van der Waals surface area (Å²) in [6, 6.07) is 1.38. The lowest BCUT2D eigenvalue weighted by molar-refractivity contribution is -0.126. The van der Waals surface area contributed by atoms with Gasteiger partial charge in [0, 0.05) is 18.1 Å². The van der Waals surface area contributed by atoms with Crippen LogP contribution >= 0.6 is 0 Å². The van der Waals surface area contributed by atoms with Crippen LogP contribution in [0.15, 0.2) is 0 Å². The molecule has 2 bridgehead atoms. The van der Waals surface area contributed by atoms with Crippen molar-refractivity contribution in [1.29, 1.82) is 0 Å². The second-order valence-electron chi connectivity index (χ2n) is 6.05. The van der Waals surface area contributed by atoms with Gasteiger partial charge in [0.2, 0.25) is 5.91 Å². The van der Waals surface area contributed by atoms with Gasteiger partial charge in [-0.25, -0.2) is 0 Å². The molecule has 98 valence electrons. The molecule has 1 amide bonds. The van der Waals surface area contributed by atoms with E-state index in [0.29, 0.717) is 24.0 Å². The van der Waals surface area contributed by atoms with Crippen molar-refractivity contribution in [2.45, 2.75) is 71.0 Å². The van der Waals surface area contributed by atoms with E-state index in [1.54, 1.807) is 0 Å². The number of amides is 1. The SMILES string of the molecule is CCC(C)CC(C)NC(=O)C1CC2CCC1N2. The van der Waals surface area contributed by atoms with Crippen molar-refractivity contribution in [1.82, 2.24) is 10.6 Å². The minimum absolute atomic E-state index is 0.230. The minimum Gasteiger partial charge on any atom is -0.353 e. The molecule has 2 rings (SSSR count). The summed E-state index contributed by atoms with van der Waals surface area (Å²) in [4.78, 5) is 12.2. The van der Waals surface area contributed by atoms with Gasteiger partial charge in [0.1, 0.15) is 0 Å². The highest BCUT2D eigenvalue weighted by Gasteiger charge is 2.42. The van der Waals surface area contributed by atoms with Crippen molar-refractivity contribution in [2.24, 2.45) is 11.8 Å². The number of hydrogen-bond donors (Lipinski definition) is 2. The van der Waals surface area contributed by atoms with Crippen LogP contribution in [0.2, 0.25) is 0 Å². The first kappa shape index (κ1) is 12.9. The average molecular weight is 238 g/mol. The van der Waals surface area contributed by atoms with E-state index in [1.807, 2.05) is 0 Å². The molecule has 0 spiro atoms. The molecule has 0 aromatic rings. The molecular weight excluding hydrogens is 212 g/mol. The first-order valence-electron chi connectivity index (χ1n) is 7.16. The Labute approximate surface area is 105 Å². The third kappa shape index (κ3) is 3.01. The van der Waals surface area contributed by atoms with Crippen molar-refractivity contribution in [3.63, 3.8) is 0 Å². The summed E-state index contributed by atoms with van der Waals surface area (Å²) in [5.41, 5.74) is 0. The molecule has 2 heterocycles. The second-order valence-corrected chi connectivity index (χ2v) is 6.05. The molecule has 2 aliphatic heterocycles. The van der Waals surface area contributed by atoms with Gasteiger partial charge in [0.25, 0.3) is 0 Å². The Morgan fingerprint density at radius 2 is 2.18 bits per heavy atom. The van der Waals surface area contributed by atoms with E-state index in [4.69, 9.17) is 0 Å². The van der Waals surface area contributed by atoms with Gasteiger partial charge in [0.05, 0.1) is 5.92 Å². The number of rotatable bonds is 5. The van der Waals surface area contributed by atoms with Crippen molar-refractivity contribution >= 4 is 5.91 Å². The normalized spacial score (nSPS) is 34.6. The molecule has 3 heteroatoms. The Bertz CT molecular complexity index is 279. The van der Waals surface area contributed by atoms with E-state index in [1.165, 1.54) is 19.3 Å². The molecule has 2 saturated heterocycles. The quantitative estimate of drug-likeness (QED) is 0.770. The third-order valence-electron chi connectivity index (χ3n) is 4.48. The Morgan fingerprint density at radius 3 is 2.71 bits per heavy atom. The smallest absolute Gasteiger partial charge is 0.224 e. The highest BCUT2D eigenvalue weighted by atomic mass is 16.2. The molecule has 0 saturated carbocycles. The summed E-state index contributed by atoms with van der Waals surface area (Å²) in [7, 11) is 0. The molecule has 17 heavy (non-hydrogen) atoms. The fraction of sp³-hybridized carbons (Fsp3) is 0.929. The van der Waals surface area contributed by atoms with Crippen molar-refractivity contribution in [3.05, 3.63) is 0 Å². The molecule has 0 radical (unpaired) electrons. The fourth-order valence-electron chi connectivity index (χ4n) is 3.29. The molecule has 0 aromatic carbocycles. The Kier molecular flexibility index (Phi) is 4.08. The topological polar surface area (TPSA) is 41.1 Å². The van der Waals surface area contributed by atoms with Gasteiger partial charge in [-0.3, -0.25) is 4.79 Å². The predicted octanol–water partition coefficient (Wildman–Crippen LogP) is 2.07. The zero-order valence-electron chi connectivity index (χ0n) is 11.3. The standard InChI is InChI=1S/C14H26N2O/c1-4-9(2)7-10(3)15-14(17)12-8-11-5-6-13(12)16-11/h9-13,16H,4-8H2,1-3H3,(H,15,17). The summed E-state index contributed by atoms with van der Waals surface area (Å²) in [5, 5.41) is 6.72. The van der Waals surface area contributed by atoms with Gasteiger partial charge in [-0.2, -0.15) is 0 Å². The summed E-state index contributed by atoms with van der Waals surface area (Å²) >= 11 is 0. The van der Waals surface area contributed by atoms with Crippen LogP contribution in [-0.2, 0) is 4.79 Å². The van der Waals surface area contributed by atoms with Gasteiger partial charge >= 0.3 is 0 Å². The maximum atomic E-state index is 12.2. The number of carbonyl (C=O) groups is 1. The highest BCUT2D eigenvalue weighted by Crippen LogP contribution is 2.33. The molecule has 5 atom stereocenters. The summed E-state index contributed by atoms with van der Waals surface area (Å²) in [6.07, 6.45) is 5.78. The van der Waals surface area contributed by atoms with Gasteiger partial charge in [-0.1, -0.05) is 20.3 Å². The van der Waals surface area contributed by atoms with Gasteiger partial charge in [-0.05, 0) is 38.5 Å². The van der Waals surface area contributed by atoms with Gasteiger partial charge < -0.3 is 10.6 Å². The van der Waals surface area contributed by atoms with E-state index in [0.717, 1.165) is 12.8 Å². The molecule has 3 nitrogen and oxygen atoms in total. The second kappa shape index (κ2) is 5.38. The fourth-order valence-corrected chi connectivity index (χ4v) is 3.29. The van der Waals surface area contributed by atoms with Crippen molar-refractivity contribution in [2.75, 3.05) is 0 Å². The maximum absolute atomic E-state index is 12.2. The van der Waals surface area contributed by atoms with E-state index >= 15 is 0 Å². The molecule has 0 aromatic heterocycles. The lowest BCUT2D eigenvalue weighted by Crippen LogP contribution is -2.42. The lowest BCUT2D eigenvalue weighted by Gasteiger charge is -2.23. The Hall–Kier alpha value is -0.570. The summed E-state index contributed by atoms with van der Waals surface area (Å²) < 4.78 is 0. The number of nitrogens with one attached hydrogen (secondary N) is 2. The molecule has 2 N–H and O–H groups in total. The Morgan fingerprint density at radius 1 is 1.41 bits per heavy atom. The van der Waals surface area contributed by atoms with Crippen molar-refractivity contribution < 1.29 is 4.79 Å². The predicted molar refractivity (Wildman–Crippen MR) is 69.7 cm³/mol. The molecule has 2 aliphatic rings. The molecule has 0 aliphatic carbocycles. The summed E-state index contributed by atoms with van der Waals surface area (Å²) in [6.45, 7) is 6.59. The van der Waals surface area contributed by atoms with E-state index < -0.39 is 0 Å². The lowest BCUT2D eigenvalue weighted by atomic mass is 9.88. The van der Waals surface area contributed by atoms with Gasteiger partial charge in [0.15, 0.2) is 0 Å². The highest BCUT2D eigenvalue weighted by molar-refractivity contribution is 5.80. The van der Waals surface area contributed by atoms with E-state index in [9.17, 15) is 4.79 Å². The number of carbonyl (C=O) groups excluding carboxylic acids is 1. The first-order valence-corrected chi connectivity index (χ1v) is 7.16. The summed E-state index contributed by atoms with van der Waals surface area (Å²) in [5.74, 6) is 1.21. The molecule has 5 unspecified atom stereocenters. The largest absolute Gasteiger partial charge is 0.353 e. The van der Waals surface area contributed by atoms with Crippen LogP contribution in [-0.4, -0.2) is 24.0 Å². The van der Waals surface area contributed by atoms with Crippen LogP contribution in [0.3, 0.4) is 0 Å². The first-order chi connectivity index (χ1) is 8.10. The number of hydrogen-bond acceptors (Lipinski definition) is 2. The van der Waals surface area contributed by atoms with Crippen LogP contribution in [0.5, 0.6) is 0 Å². The van der Waals surface area contributed by atoms with Gasteiger partial charge in [-0.15, -0.1) is 0 Å². The van der Waals surface area contributed by atoms with E-state index in [2.05, 4.69) is 31.4 Å². The zero-order valence-corrected chi connectivity index (χ0v) is 11.3. The van der Waals surface area contributed by atoms with E-state index in [-0.39, 0.29) is 11.8 Å². The Balaban J connectivity index is 1.77. The third-order valence-corrected chi connectivity index (χ3v) is 4.48. The molecular formula is C14H26N2O. The number of fused-ring (bicyclic) bond motifs is 2. The van der Waals surface area contributed by atoms with Crippen molar-refractivity contribution in [3.8, 4) is 0 Å². The van der Waals surface area contributed by atoms with Crippen LogP contribution < -0.4 is 10.6 Å². The molecule has 2 fully saturated rings. The van der Waals surface area contributed by atoms with Crippen LogP contribution in [0, 0.1) is 11.8 Å². The zero-order chi connectivity index (χ0) is 12.4. The maximum Gasteiger partial charge on any atom is 0.224 e. The average Bonchev–Trinajstić information content (AvgIpc) is 2.90.